The van der Waals surface area contributed by atoms with Gasteiger partial charge >= 0.3 is 0 Å². The predicted molar refractivity (Wildman–Crippen MR) is 123 cm³/mol. The third-order valence-electron chi connectivity index (χ3n) is 5.93. The Kier molecular flexibility index (Phi) is 5.92. The average molecular weight is 439 g/mol. The zero-order valence-corrected chi connectivity index (χ0v) is 18.4. The van der Waals surface area contributed by atoms with Crippen molar-refractivity contribution >= 4 is 34.2 Å². The first kappa shape index (κ1) is 21.2. The monoisotopic (exact) mass is 438 g/mol. The van der Waals surface area contributed by atoms with Crippen molar-refractivity contribution in [1.82, 2.24) is 14.9 Å². The lowest BCUT2D eigenvalue weighted by molar-refractivity contribution is -0.128. The van der Waals surface area contributed by atoms with Gasteiger partial charge in [-0.15, -0.1) is 0 Å². The highest BCUT2D eigenvalue weighted by molar-refractivity contribution is 6.34. The number of aryl methyl sites for hydroxylation is 1. The molecule has 31 heavy (non-hydrogen) atoms. The van der Waals surface area contributed by atoms with Gasteiger partial charge in [0.05, 0.1) is 5.02 Å². The van der Waals surface area contributed by atoms with E-state index >= 15 is 4.39 Å². The zero-order valence-electron chi connectivity index (χ0n) is 17.6. The molecule has 0 N–H and O–H groups in total. The van der Waals surface area contributed by atoms with E-state index in [9.17, 15) is 4.79 Å². The summed E-state index contributed by atoms with van der Waals surface area (Å²) in [4.78, 5) is 24.8. The number of rotatable bonds is 4. The molecule has 0 saturated carbocycles. The van der Waals surface area contributed by atoms with E-state index in [1.807, 2.05) is 43.0 Å². The van der Waals surface area contributed by atoms with E-state index in [1.165, 1.54) is 12.4 Å². The second-order valence-electron chi connectivity index (χ2n) is 7.70. The summed E-state index contributed by atoms with van der Waals surface area (Å²) in [6.45, 7) is 9.30. The number of nitrogens with zero attached hydrogens (tertiary/aromatic N) is 4. The summed E-state index contributed by atoms with van der Waals surface area (Å²) in [6.07, 6.45) is 3.53. The predicted octanol–water partition coefficient (Wildman–Crippen LogP) is 5.01. The van der Waals surface area contributed by atoms with Crippen molar-refractivity contribution in [2.24, 2.45) is 0 Å². The Morgan fingerprint density at radius 3 is 2.81 bits per heavy atom. The van der Waals surface area contributed by atoms with Crippen LogP contribution in [0.4, 0.5) is 10.2 Å². The lowest BCUT2D eigenvalue weighted by Crippen LogP contribution is -2.55. The average Bonchev–Trinajstić information content (AvgIpc) is 2.79. The van der Waals surface area contributed by atoms with Gasteiger partial charge in [0.1, 0.15) is 17.7 Å². The number of hydrogen-bond donors (Lipinski definition) is 0. The first-order chi connectivity index (χ1) is 15.0. The number of anilines is 1. The van der Waals surface area contributed by atoms with Crippen LogP contribution in [-0.4, -0.2) is 46.5 Å². The molecule has 0 bridgehead atoms. The fourth-order valence-electron chi connectivity index (χ4n) is 4.27. The molecule has 3 aromatic rings. The number of amides is 1. The number of hydrogen-bond acceptors (Lipinski definition) is 4. The highest BCUT2D eigenvalue weighted by Gasteiger charge is 2.30. The molecule has 2 heterocycles. The summed E-state index contributed by atoms with van der Waals surface area (Å²) < 4.78 is 15.6. The second kappa shape index (κ2) is 8.63. The minimum atomic E-state index is -0.451. The van der Waals surface area contributed by atoms with Crippen LogP contribution in [0.2, 0.25) is 5.02 Å². The van der Waals surface area contributed by atoms with Crippen LogP contribution in [0.1, 0.15) is 18.9 Å². The lowest BCUT2D eigenvalue weighted by Gasteiger charge is -2.41. The van der Waals surface area contributed by atoms with Crippen LogP contribution in [0, 0.1) is 12.7 Å². The van der Waals surface area contributed by atoms with Crippen molar-refractivity contribution in [3.05, 3.63) is 65.7 Å². The number of carbonyl (C=O) groups is 1. The van der Waals surface area contributed by atoms with Crippen LogP contribution < -0.4 is 4.90 Å². The van der Waals surface area contributed by atoms with Crippen molar-refractivity contribution in [3.63, 3.8) is 0 Å². The van der Waals surface area contributed by atoms with E-state index in [0.717, 1.165) is 17.5 Å². The quantitative estimate of drug-likeness (QED) is 0.537. The molecule has 4 rings (SSSR count). The molecule has 1 saturated heterocycles. The largest absolute Gasteiger partial charge is 0.352 e. The Morgan fingerprint density at radius 2 is 2.10 bits per heavy atom. The summed E-state index contributed by atoms with van der Waals surface area (Å²) in [5.74, 6) is 0.107. The van der Waals surface area contributed by atoms with E-state index in [1.54, 1.807) is 6.07 Å². The van der Waals surface area contributed by atoms with Gasteiger partial charge < -0.3 is 9.80 Å². The van der Waals surface area contributed by atoms with Gasteiger partial charge in [0.25, 0.3) is 0 Å². The molecule has 1 aliphatic heterocycles. The third kappa shape index (κ3) is 3.76. The molecule has 7 heteroatoms. The fraction of sp³-hybridized carbons (Fsp3) is 0.292. The van der Waals surface area contributed by atoms with Crippen molar-refractivity contribution in [2.75, 3.05) is 24.5 Å². The second-order valence-corrected chi connectivity index (χ2v) is 8.11. The molecular formula is C24H24ClFN4O. The fourth-order valence-corrected chi connectivity index (χ4v) is 4.57. The Morgan fingerprint density at radius 1 is 1.32 bits per heavy atom. The molecule has 1 atom stereocenters. The van der Waals surface area contributed by atoms with E-state index in [0.29, 0.717) is 41.4 Å². The van der Waals surface area contributed by atoms with E-state index in [-0.39, 0.29) is 17.5 Å². The Balaban J connectivity index is 1.78. The maximum absolute atomic E-state index is 15.6. The molecule has 1 amide bonds. The van der Waals surface area contributed by atoms with Crippen molar-refractivity contribution < 1.29 is 9.18 Å². The molecule has 0 spiro atoms. The number of piperazine rings is 1. The molecule has 1 fully saturated rings. The number of halogens is 2. The molecule has 0 aliphatic carbocycles. The molecule has 160 valence electrons. The van der Waals surface area contributed by atoms with Gasteiger partial charge in [-0.2, -0.15) is 0 Å². The summed E-state index contributed by atoms with van der Waals surface area (Å²) in [5.41, 5.74) is 2.27. The van der Waals surface area contributed by atoms with Crippen molar-refractivity contribution in [1.29, 1.82) is 0 Å². The summed E-state index contributed by atoms with van der Waals surface area (Å²) in [5, 5.41) is 0.892. The molecule has 1 aromatic heterocycles. The van der Waals surface area contributed by atoms with Gasteiger partial charge in [-0.25, -0.2) is 14.4 Å². The van der Waals surface area contributed by atoms with E-state index < -0.39 is 5.82 Å². The third-order valence-corrected chi connectivity index (χ3v) is 6.22. The highest BCUT2D eigenvalue weighted by atomic mass is 35.5. The molecule has 5 nitrogen and oxygen atoms in total. The van der Waals surface area contributed by atoms with Crippen LogP contribution in [-0.2, 0) is 4.79 Å². The van der Waals surface area contributed by atoms with E-state index in [4.69, 9.17) is 11.6 Å². The maximum Gasteiger partial charge on any atom is 0.246 e. The minimum Gasteiger partial charge on any atom is -0.352 e. The van der Waals surface area contributed by atoms with Gasteiger partial charge in [0.2, 0.25) is 5.91 Å². The van der Waals surface area contributed by atoms with Crippen LogP contribution in [0.15, 0.2) is 49.3 Å². The first-order valence-electron chi connectivity index (χ1n) is 10.3. The molecule has 0 radical (unpaired) electrons. The molecular weight excluding hydrogens is 415 g/mol. The van der Waals surface area contributed by atoms with Gasteiger partial charge in [-0.1, -0.05) is 49.4 Å². The molecule has 1 aliphatic rings. The van der Waals surface area contributed by atoms with Crippen LogP contribution in [0.5, 0.6) is 0 Å². The Hall–Kier alpha value is -2.99. The summed E-state index contributed by atoms with van der Waals surface area (Å²) >= 11 is 6.59. The molecule has 1 unspecified atom stereocenters. The maximum atomic E-state index is 15.6. The summed E-state index contributed by atoms with van der Waals surface area (Å²) in [6, 6.07) is 9.33. The number of benzene rings is 2. The van der Waals surface area contributed by atoms with E-state index in [2.05, 4.69) is 21.4 Å². The lowest BCUT2D eigenvalue weighted by atomic mass is 9.98. The minimum absolute atomic E-state index is 0.0239. The van der Waals surface area contributed by atoms with Crippen LogP contribution >= 0.6 is 11.6 Å². The SMILES string of the molecule is C=CC(=O)N1CCN(c2ncnc3c(F)c(-c4ccccc4C)c(Cl)cc23)CC1CC. The normalized spacial score (nSPS) is 16.6. The van der Waals surface area contributed by atoms with Crippen molar-refractivity contribution in [2.45, 2.75) is 26.3 Å². The standard InChI is InChI=1S/C24H24ClFN4O/c1-4-16-13-29(10-11-30(16)20(31)5-2)24-18-12-19(25)21(17-9-7-6-8-15(17)3)22(26)23(18)27-14-28-24/h5-9,12,14,16H,2,4,10-11,13H2,1,3H3. The number of carbonyl (C=O) groups excluding carboxylic acids is 1. The van der Waals surface area contributed by atoms with Crippen LogP contribution in [0.25, 0.3) is 22.0 Å². The topological polar surface area (TPSA) is 49.3 Å². The Bertz CT molecular complexity index is 1170. The number of fused-ring (bicyclic) bond motifs is 1. The van der Waals surface area contributed by atoms with Gasteiger partial charge in [-0.3, -0.25) is 4.79 Å². The van der Waals surface area contributed by atoms with Gasteiger partial charge in [0, 0.05) is 36.6 Å². The van der Waals surface area contributed by atoms with Gasteiger partial charge in [-0.05, 0) is 36.6 Å². The highest BCUT2D eigenvalue weighted by Crippen LogP contribution is 2.39. The molecule has 2 aromatic carbocycles. The Labute approximate surface area is 186 Å². The smallest absolute Gasteiger partial charge is 0.246 e. The zero-order chi connectivity index (χ0) is 22.1. The van der Waals surface area contributed by atoms with Gasteiger partial charge in [0.15, 0.2) is 5.82 Å². The summed E-state index contributed by atoms with van der Waals surface area (Å²) in [7, 11) is 0. The number of aromatic nitrogens is 2. The van der Waals surface area contributed by atoms with Crippen LogP contribution in [0.3, 0.4) is 0 Å². The van der Waals surface area contributed by atoms with Crippen molar-refractivity contribution in [3.8, 4) is 11.1 Å². The first-order valence-corrected chi connectivity index (χ1v) is 10.7.